The minimum Gasteiger partial charge on any atom is -0.480 e. The van der Waals surface area contributed by atoms with Gasteiger partial charge in [0.1, 0.15) is 6.04 Å². The molecule has 0 bridgehead atoms. The van der Waals surface area contributed by atoms with Crippen LogP contribution in [0.15, 0.2) is 10.2 Å². The van der Waals surface area contributed by atoms with Crippen molar-refractivity contribution < 1.29 is 14.7 Å². The molecule has 7 nitrogen and oxygen atoms in total. The predicted octanol–water partition coefficient (Wildman–Crippen LogP) is 0.0988. The van der Waals surface area contributed by atoms with E-state index in [0.717, 1.165) is 11.3 Å². The first-order chi connectivity index (χ1) is 8.02. The number of carbonyl (C=O) groups is 2. The molecule has 8 heteroatoms. The Bertz CT molecular complexity index is 453. The van der Waals surface area contributed by atoms with Gasteiger partial charge < -0.3 is 20.7 Å². The van der Waals surface area contributed by atoms with Crippen LogP contribution in [0.1, 0.15) is 19.0 Å². The number of H-pyrrole nitrogens is 1. The molecule has 1 atom stereocenters. The van der Waals surface area contributed by atoms with Crippen molar-refractivity contribution in [3.63, 3.8) is 0 Å². The predicted molar refractivity (Wildman–Crippen MR) is 62.0 cm³/mol. The van der Waals surface area contributed by atoms with Gasteiger partial charge in [0.2, 0.25) is 0 Å². The molecule has 2 amide bonds. The van der Waals surface area contributed by atoms with Crippen LogP contribution in [0.4, 0.5) is 4.79 Å². The Balaban J connectivity index is 2.39. The van der Waals surface area contributed by atoms with Crippen LogP contribution < -0.4 is 15.5 Å². The summed E-state index contributed by atoms with van der Waals surface area (Å²) in [5, 5.41) is 15.1. The molecule has 1 rings (SSSR count). The summed E-state index contributed by atoms with van der Waals surface area (Å²) in [4.78, 5) is 35.1. The number of amides is 2. The number of carboxylic acids is 1. The van der Waals surface area contributed by atoms with Crippen molar-refractivity contribution in [2.24, 2.45) is 0 Å². The number of carbonyl (C=O) groups excluding carboxylic acids is 1. The fraction of sp³-hybridized carbons (Fsp3) is 0.444. The highest BCUT2D eigenvalue weighted by Crippen LogP contribution is 1.95. The molecule has 1 aromatic rings. The van der Waals surface area contributed by atoms with Crippen LogP contribution in [0.3, 0.4) is 0 Å². The lowest BCUT2D eigenvalue weighted by molar-refractivity contribution is -0.139. The van der Waals surface area contributed by atoms with Gasteiger partial charge in [-0.2, -0.15) is 0 Å². The number of carboxylic acid groups (broad SMARTS) is 1. The molecule has 0 fully saturated rings. The maximum atomic E-state index is 11.3. The zero-order valence-electron chi connectivity index (χ0n) is 9.15. The lowest BCUT2D eigenvalue weighted by Gasteiger charge is -2.12. The molecule has 4 N–H and O–H groups in total. The number of hydrogen-bond acceptors (Lipinski definition) is 4. The van der Waals surface area contributed by atoms with E-state index in [0.29, 0.717) is 12.1 Å². The highest BCUT2D eigenvalue weighted by Gasteiger charge is 2.16. The molecule has 0 radical (unpaired) electrons. The van der Waals surface area contributed by atoms with Crippen LogP contribution in [0.25, 0.3) is 0 Å². The second-order valence-corrected chi connectivity index (χ2v) is 4.14. The van der Waals surface area contributed by atoms with E-state index in [-0.39, 0.29) is 11.4 Å². The number of nitrogens with one attached hydrogen (secondary N) is 3. The Kier molecular flexibility index (Phi) is 4.70. The number of aliphatic carboxylic acids is 1. The van der Waals surface area contributed by atoms with Crippen molar-refractivity contribution in [2.75, 3.05) is 0 Å². The molecule has 0 saturated heterocycles. The van der Waals surface area contributed by atoms with Crippen LogP contribution in [0.2, 0.25) is 0 Å². The fourth-order valence-electron chi connectivity index (χ4n) is 1.12. The van der Waals surface area contributed by atoms with Gasteiger partial charge in [-0.15, -0.1) is 0 Å². The third-order valence-corrected chi connectivity index (χ3v) is 2.74. The van der Waals surface area contributed by atoms with E-state index in [1.165, 1.54) is 0 Å². The largest absolute Gasteiger partial charge is 0.480 e. The van der Waals surface area contributed by atoms with Gasteiger partial charge in [-0.1, -0.05) is 18.3 Å². The quantitative estimate of drug-likeness (QED) is 0.600. The SMILES string of the molecule is CCC(NC(=O)NCc1csc(=O)[nH]1)C(=O)O. The van der Waals surface area contributed by atoms with E-state index >= 15 is 0 Å². The average molecular weight is 259 g/mol. The van der Waals surface area contributed by atoms with Gasteiger partial charge in [-0.3, -0.25) is 4.79 Å². The second kappa shape index (κ2) is 6.04. The minimum atomic E-state index is -1.08. The fourth-order valence-corrected chi connectivity index (χ4v) is 1.71. The first-order valence-corrected chi connectivity index (χ1v) is 5.84. The average Bonchev–Trinajstić information content (AvgIpc) is 2.68. The summed E-state index contributed by atoms with van der Waals surface area (Å²) in [6.07, 6.45) is 0.304. The second-order valence-electron chi connectivity index (χ2n) is 3.30. The van der Waals surface area contributed by atoms with Gasteiger partial charge in [-0.05, 0) is 6.42 Å². The number of urea groups is 1. The van der Waals surface area contributed by atoms with Crippen molar-refractivity contribution >= 4 is 23.3 Å². The molecule has 0 saturated carbocycles. The summed E-state index contributed by atoms with van der Waals surface area (Å²) in [5.41, 5.74) is 0.582. The Labute approximate surface area is 101 Å². The topological polar surface area (TPSA) is 111 Å². The van der Waals surface area contributed by atoms with Crippen LogP contribution >= 0.6 is 11.3 Å². The first kappa shape index (κ1) is 13.2. The summed E-state index contributed by atoms with van der Waals surface area (Å²) < 4.78 is 0. The number of aromatic nitrogens is 1. The van der Waals surface area contributed by atoms with E-state index in [2.05, 4.69) is 15.6 Å². The highest BCUT2D eigenvalue weighted by atomic mass is 32.1. The molecule has 0 aromatic carbocycles. The molecule has 1 heterocycles. The van der Waals surface area contributed by atoms with Crippen molar-refractivity contribution in [1.82, 2.24) is 15.6 Å². The van der Waals surface area contributed by atoms with Crippen molar-refractivity contribution in [3.8, 4) is 0 Å². The molecule has 0 aliphatic heterocycles. The highest BCUT2D eigenvalue weighted by molar-refractivity contribution is 7.07. The van der Waals surface area contributed by atoms with Gasteiger partial charge in [0.15, 0.2) is 0 Å². The van der Waals surface area contributed by atoms with E-state index in [1.807, 2.05) is 0 Å². The van der Waals surface area contributed by atoms with Crippen molar-refractivity contribution in [1.29, 1.82) is 0 Å². The molecule has 1 unspecified atom stereocenters. The van der Waals surface area contributed by atoms with Crippen molar-refractivity contribution in [2.45, 2.75) is 25.9 Å². The molecule has 0 spiro atoms. The molecule has 0 aliphatic carbocycles. The third-order valence-electron chi connectivity index (χ3n) is 2.02. The van der Waals surface area contributed by atoms with Crippen LogP contribution in [-0.2, 0) is 11.3 Å². The molecular weight excluding hydrogens is 246 g/mol. The summed E-state index contributed by atoms with van der Waals surface area (Å²) in [5.74, 6) is -1.08. The normalized spacial score (nSPS) is 11.8. The lowest BCUT2D eigenvalue weighted by Crippen LogP contribution is -2.45. The van der Waals surface area contributed by atoms with Gasteiger partial charge in [0.05, 0.1) is 6.54 Å². The van der Waals surface area contributed by atoms with E-state index in [1.54, 1.807) is 12.3 Å². The molecule has 17 heavy (non-hydrogen) atoms. The summed E-state index contributed by atoms with van der Waals surface area (Å²) >= 11 is 1.00. The van der Waals surface area contributed by atoms with E-state index < -0.39 is 18.0 Å². The molecule has 0 aliphatic rings. The zero-order valence-corrected chi connectivity index (χ0v) is 9.97. The van der Waals surface area contributed by atoms with Crippen LogP contribution in [-0.4, -0.2) is 28.1 Å². The van der Waals surface area contributed by atoms with E-state index in [9.17, 15) is 14.4 Å². The monoisotopic (exact) mass is 259 g/mol. The van der Waals surface area contributed by atoms with Gasteiger partial charge in [0, 0.05) is 11.1 Å². The summed E-state index contributed by atoms with van der Waals surface area (Å²) in [7, 11) is 0. The zero-order chi connectivity index (χ0) is 12.8. The van der Waals surface area contributed by atoms with Crippen LogP contribution in [0.5, 0.6) is 0 Å². The standard InChI is InChI=1S/C9H13N3O4S/c1-2-6(7(13)14)12-8(15)10-3-5-4-17-9(16)11-5/h4,6H,2-3H2,1H3,(H,11,16)(H,13,14)(H2,10,12,15). The smallest absolute Gasteiger partial charge is 0.326 e. The maximum absolute atomic E-state index is 11.3. The Morgan fingerprint density at radius 3 is 2.76 bits per heavy atom. The molecule has 1 aromatic heterocycles. The number of rotatable bonds is 5. The van der Waals surface area contributed by atoms with Gasteiger partial charge in [0.25, 0.3) is 0 Å². The molecule has 94 valence electrons. The number of hydrogen-bond donors (Lipinski definition) is 4. The Morgan fingerprint density at radius 1 is 1.59 bits per heavy atom. The number of thiazole rings is 1. The van der Waals surface area contributed by atoms with Gasteiger partial charge in [-0.25, -0.2) is 9.59 Å². The van der Waals surface area contributed by atoms with E-state index in [4.69, 9.17) is 5.11 Å². The Hall–Kier alpha value is -1.83. The molecular formula is C9H13N3O4S. The van der Waals surface area contributed by atoms with Gasteiger partial charge >= 0.3 is 16.9 Å². The maximum Gasteiger partial charge on any atom is 0.326 e. The number of aromatic amines is 1. The van der Waals surface area contributed by atoms with Crippen molar-refractivity contribution in [3.05, 3.63) is 20.7 Å². The first-order valence-electron chi connectivity index (χ1n) is 4.96. The Morgan fingerprint density at radius 2 is 2.29 bits per heavy atom. The summed E-state index contributed by atoms with van der Waals surface area (Å²) in [6.45, 7) is 1.82. The van der Waals surface area contributed by atoms with Crippen LogP contribution in [0, 0.1) is 0 Å². The third kappa shape index (κ3) is 4.27. The lowest BCUT2D eigenvalue weighted by atomic mass is 10.2. The minimum absolute atomic E-state index is 0.153. The summed E-state index contributed by atoms with van der Waals surface area (Å²) in [6, 6.07) is -1.48.